The average molecular weight is 404 g/mol. The highest BCUT2D eigenvalue weighted by Gasteiger charge is 2.14. The Morgan fingerprint density at radius 3 is 2.93 bits per heavy atom. The molecule has 0 saturated heterocycles. The van der Waals surface area contributed by atoms with Gasteiger partial charge in [-0.2, -0.15) is 9.78 Å². The van der Waals surface area contributed by atoms with Crippen molar-refractivity contribution in [3.8, 4) is 5.75 Å². The van der Waals surface area contributed by atoms with E-state index in [0.717, 1.165) is 5.56 Å². The molecule has 0 aliphatic carbocycles. The molecule has 0 saturated carbocycles. The third kappa shape index (κ3) is 4.63. The monoisotopic (exact) mass is 403 g/mol. The van der Waals surface area contributed by atoms with Gasteiger partial charge in [-0.1, -0.05) is 41.6 Å². The minimum absolute atomic E-state index is 0.126. The van der Waals surface area contributed by atoms with Gasteiger partial charge >= 0.3 is 5.69 Å². The SMILES string of the molecule is COc1ccc(/C=N\n2cnnc2SCc2ccccc2Cl)cc1[N+](=O)[O-]. The molecule has 0 N–H and O–H groups in total. The Hall–Kier alpha value is -2.91. The van der Waals surface area contributed by atoms with E-state index >= 15 is 0 Å². The van der Waals surface area contributed by atoms with Gasteiger partial charge in [0.2, 0.25) is 5.16 Å². The number of ether oxygens (including phenoxy) is 1. The van der Waals surface area contributed by atoms with Crippen molar-refractivity contribution in [2.24, 2.45) is 5.10 Å². The molecule has 0 atom stereocenters. The average Bonchev–Trinajstić information content (AvgIpc) is 3.13. The standard InChI is InChI=1S/C17H14ClN5O3S/c1-26-16-7-6-12(8-15(16)23(24)25)9-20-22-11-19-21-17(22)27-10-13-4-2-3-5-14(13)18/h2-9,11H,10H2,1H3/b20-9-. The van der Waals surface area contributed by atoms with Crippen molar-refractivity contribution in [1.82, 2.24) is 14.9 Å². The highest BCUT2D eigenvalue weighted by molar-refractivity contribution is 7.98. The van der Waals surface area contributed by atoms with Crippen LogP contribution in [0.25, 0.3) is 0 Å². The summed E-state index contributed by atoms with van der Waals surface area (Å²) in [5, 5.41) is 24.5. The fourth-order valence-corrected chi connectivity index (χ4v) is 3.36. The summed E-state index contributed by atoms with van der Waals surface area (Å²) in [7, 11) is 1.38. The molecule has 0 fully saturated rings. The second kappa shape index (κ2) is 8.65. The Kier molecular flexibility index (Phi) is 6.05. The molecule has 27 heavy (non-hydrogen) atoms. The van der Waals surface area contributed by atoms with Gasteiger partial charge in [-0.15, -0.1) is 10.2 Å². The van der Waals surface area contributed by atoms with E-state index in [1.54, 1.807) is 6.07 Å². The number of aromatic nitrogens is 3. The summed E-state index contributed by atoms with van der Waals surface area (Å²) in [5.41, 5.74) is 1.41. The first-order chi connectivity index (χ1) is 13.1. The minimum Gasteiger partial charge on any atom is -0.490 e. The highest BCUT2D eigenvalue weighted by Crippen LogP contribution is 2.27. The van der Waals surface area contributed by atoms with E-state index in [1.807, 2.05) is 24.3 Å². The minimum atomic E-state index is -0.500. The number of nitro benzene ring substituents is 1. The summed E-state index contributed by atoms with van der Waals surface area (Å²) in [6.07, 6.45) is 2.96. The quantitative estimate of drug-likeness (QED) is 0.256. The zero-order valence-corrected chi connectivity index (χ0v) is 15.7. The van der Waals surface area contributed by atoms with Gasteiger partial charge in [0, 0.05) is 22.4 Å². The maximum atomic E-state index is 11.1. The normalized spacial score (nSPS) is 11.0. The fourth-order valence-electron chi connectivity index (χ4n) is 2.21. The molecular formula is C17H14ClN5O3S. The Morgan fingerprint density at radius 1 is 1.37 bits per heavy atom. The summed E-state index contributed by atoms with van der Waals surface area (Å²) in [4.78, 5) is 10.6. The molecule has 3 rings (SSSR count). The van der Waals surface area contributed by atoms with Crippen molar-refractivity contribution in [2.75, 3.05) is 7.11 Å². The number of halogens is 1. The second-order valence-electron chi connectivity index (χ2n) is 5.27. The van der Waals surface area contributed by atoms with Crippen LogP contribution in [-0.2, 0) is 5.75 Å². The van der Waals surface area contributed by atoms with E-state index in [4.69, 9.17) is 16.3 Å². The van der Waals surface area contributed by atoms with E-state index in [1.165, 1.54) is 48.2 Å². The maximum absolute atomic E-state index is 11.1. The van der Waals surface area contributed by atoms with Crippen molar-refractivity contribution in [2.45, 2.75) is 10.9 Å². The Balaban J connectivity index is 1.75. The molecule has 8 nitrogen and oxygen atoms in total. The number of thioether (sulfide) groups is 1. The zero-order valence-electron chi connectivity index (χ0n) is 14.2. The molecule has 0 unspecified atom stereocenters. The predicted octanol–water partition coefficient (Wildman–Crippen LogP) is 4.02. The zero-order chi connectivity index (χ0) is 19.2. The van der Waals surface area contributed by atoms with E-state index in [0.29, 0.717) is 21.5 Å². The number of benzene rings is 2. The van der Waals surface area contributed by atoms with Crippen molar-refractivity contribution in [3.63, 3.8) is 0 Å². The van der Waals surface area contributed by atoms with Gasteiger partial charge in [0.05, 0.1) is 18.2 Å². The molecule has 2 aromatic carbocycles. The molecule has 0 bridgehead atoms. The van der Waals surface area contributed by atoms with Crippen LogP contribution >= 0.6 is 23.4 Å². The Labute approximate surface area is 164 Å². The van der Waals surface area contributed by atoms with E-state index < -0.39 is 4.92 Å². The first kappa shape index (κ1) is 18.9. The lowest BCUT2D eigenvalue weighted by atomic mass is 10.2. The molecule has 0 radical (unpaired) electrons. The summed E-state index contributed by atoms with van der Waals surface area (Å²) < 4.78 is 6.49. The van der Waals surface area contributed by atoms with Crippen LogP contribution in [0.3, 0.4) is 0 Å². The number of hydrogen-bond donors (Lipinski definition) is 0. The van der Waals surface area contributed by atoms with E-state index in [-0.39, 0.29) is 11.4 Å². The van der Waals surface area contributed by atoms with Gasteiger partial charge in [-0.25, -0.2) is 0 Å². The van der Waals surface area contributed by atoms with E-state index in [2.05, 4.69) is 15.3 Å². The molecule has 10 heteroatoms. The molecule has 1 heterocycles. The summed E-state index contributed by atoms with van der Waals surface area (Å²) in [6.45, 7) is 0. The van der Waals surface area contributed by atoms with Crippen LogP contribution in [-0.4, -0.2) is 33.1 Å². The lowest BCUT2D eigenvalue weighted by Gasteiger charge is -2.04. The third-order valence-corrected chi connectivity index (χ3v) is 4.90. The summed E-state index contributed by atoms with van der Waals surface area (Å²) in [6, 6.07) is 12.2. The van der Waals surface area contributed by atoms with Crippen LogP contribution in [0.2, 0.25) is 5.02 Å². The van der Waals surface area contributed by atoms with Crippen LogP contribution in [0.15, 0.2) is 59.0 Å². The molecule has 0 aliphatic rings. The lowest BCUT2D eigenvalue weighted by Crippen LogP contribution is -1.96. The number of rotatable bonds is 7. The molecule has 138 valence electrons. The topological polar surface area (TPSA) is 95.4 Å². The molecular weight excluding hydrogens is 390 g/mol. The van der Waals surface area contributed by atoms with Crippen LogP contribution in [0.5, 0.6) is 5.75 Å². The molecule has 0 spiro atoms. The number of nitrogens with zero attached hydrogens (tertiary/aromatic N) is 5. The fraction of sp³-hybridized carbons (Fsp3) is 0.118. The summed E-state index contributed by atoms with van der Waals surface area (Å²) >= 11 is 7.59. The molecule has 0 amide bonds. The van der Waals surface area contributed by atoms with Gasteiger partial charge in [0.1, 0.15) is 6.33 Å². The largest absolute Gasteiger partial charge is 0.490 e. The Morgan fingerprint density at radius 2 is 2.19 bits per heavy atom. The van der Waals surface area contributed by atoms with Crippen molar-refractivity contribution < 1.29 is 9.66 Å². The molecule has 1 aromatic heterocycles. The number of nitro groups is 1. The van der Waals surface area contributed by atoms with Crippen LogP contribution < -0.4 is 4.74 Å². The predicted molar refractivity (Wildman–Crippen MR) is 104 cm³/mol. The van der Waals surface area contributed by atoms with Crippen molar-refractivity contribution in [3.05, 3.63) is 75.1 Å². The first-order valence-corrected chi connectivity index (χ1v) is 9.08. The smallest absolute Gasteiger partial charge is 0.311 e. The maximum Gasteiger partial charge on any atom is 0.311 e. The lowest BCUT2D eigenvalue weighted by molar-refractivity contribution is -0.385. The van der Waals surface area contributed by atoms with Crippen LogP contribution in [0, 0.1) is 10.1 Å². The van der Waals surface area contributed by atoms with Crippen LogP contribution in [0.1, 0.15) is 11.1 Å². The van der Waals surface area contributed by atoms with Gasteiger partial charge in [0.25, 0.3) is 0 Å². The van der Waals surface area contributed by atoms with Gasteiger partial charge < -0.3 is 4.74 Å². The van der Waals surface area contributed by atoms with Gasteiger partial charge in [0.15, 0.2) is 5.75 Å². The van der Waals surface area contributed by atoms with Gasteiger partial charge in [-0.05, 0) is 23.8 Å². The molecule has 3 aromatic rings. The van der Waals surface area contributed by atoms with Crippen LogP contribution in [0.4, 0.5) is 5.69 Å². The van der Waals surface area contributed by atoms with E-state index in [9.17, 15) is 10.1 Å². The second-order valence-corrected chi connectivity index (χ2v) is 6.62. The Bertz CT molecular complexity index is 992. The number of methoxy groups -OCH3 is 1. The number of hydrogen-bond acceptors (Lipinski definition) is 7. The summed E-state index contributed by atoms with van der Waals surface area (Å²) in [5.74, 6) is 0.805. The third-order valence-electron chi connectivity index (χ3n) is 3.55. The van der Waals surface area contributed by atoms with Crippen molar-refractivity contribution in [1.29, 1.82) is 0 Å². The first-order valence-electron chi connectivity index (χ1n) is 7.71. The highest BCUT2D eigenvalue weighted by atomic mass is 35.5. The van der Waals surface area contributed by atoms with Gasteiger partial charge in [-0.3, -0.25) is 10.1 Å². The molecule has 0 aliphatic heterocycles. The van der Waals surface area contributed by atoms with Crippen molar-refractivity contribution >= 4 is 35.3 Å².